The fraction of sp³-hybridized carbons (Fsp3) is 0.0769. The summed E-state index contributed by atoms with van der Waals surface area (Å²) < 4.78 is 12.6. The first kappa shape index (κ1) is 12.0. The maximum Gasteiger partial charge on any atom is 0.256 e. The molecule has 18 heavy (non-hydrogen) atoms. The van der Waals surface area contributed by atoms with Crippen molar-refractivity contribution in [3.05, 3.63) is 53.6 Å². The lowest BCUT2D eigenvalue weighted by Gasteiger charge is -2.08. The summed E-state index contributed by atoms with van der Waals surface area (Å²) in [5.41, 5.74) is 7.92. The molecule has 5 heteroatoms. The van der Waals surface area contributed by atoms with Gasteiger partial charge >= 0.3 is 0 Å². The number of anilines is 2. The number of rotatable bonds is 2. The van der Waals surface area contributed by atoms with Crippen molar-refractivity contribution in [2.75, 3.05) is 11.1 Å². The Kier molecular flexibility index (Phi) is 3.23. The van der Waals surface area contributed by atoms with Gasteiger partial charge in [-0.2, -0.15) is 4.39 Å². The molecule has 3 N–H and O–H groups in total. The number of nitrogens with two attached hydrogens (primary N) is 1. The number of carbonyl (C=O) groups is 1. The van der Waals surface area contributed by atoms with Crippen LogP contribution in [-0.4, -0.2) is 10.9 Å². The van der Waals surface area contributed by atoms with E-state index in [0.29, 0.717) is 22.5 Å². The van der Waals surface area contributed by atoms with Gasteiger partial charge in [0.25, 0.3) is 5.91 Å². The second-order valence-corrected chi connectivity index (χ2v) is 3.84. The van der Waals surface area contributed by atoms with Crippen molar-refractivity contribution in [1.29, 1.82) is 0 Å². The van der Waals surface area contributed by atoms with Gasteiger partial charge in [0, 0.05) is 11.3 Å². The molecule has 4 nitrogen and oxygen atoms in total. The summed E-state index contributed by atoms with van der Waals surface area (Å²) in [5.74, 6) is -0.888. The molecule has 1 aromatic heterocycles. The molecule has 92 valence electrons. The van der Waals surface area contributed by atoms with Gasteiger partial charge in [0.2, 0.25) is 5.95 Å². The number of hydrogen-bond donors (Lipinski definition) is 2. The highest BCUT2D eigenvalue weighted by Crippen LogP contribution is 2.17. The Morgan fingerprint density at radius 3 is 2.78 bits per heavy atom. The summed E-state index contributed by atoms with van der Waals surface area (Å²) in [6, 6.07) is 7.74. The van der Waals surface area contributed by atoms with Crippen LogP contribution in [-0.2, 0) is 0 Å². The summed E-state index contributed by atoms with van der Waals surface area (Å²) in [4.78, 5) is 15.4. The van der Waals surface area contributed by atoms with Crippen LogP contribution >= 0.6 is 0 Å². The Balaban J connectivity index is 2.22. The SMILES string of the molecule is Cc1c(N)cccc1C(=O)Nc1ccc(F)nc1. The van der Waals surface area contributed by atoms with Crippen LogP contribution in [0.2, 0.25) is 0 Å². The molecule has 2 rings (SSSR count). The van der Waals surface area contributed by atoms with Gasteiger partial charge in [0.1, 0.15) is 0 Å². The molecule has 0 unspecified atom stereocenters. The highest BCUT2D eigenvalue weighted by Gasteiger charge is 2.10. The number of aromatic nitrogens is 1. The molecule has 1 heterocycles. The van der Waals surface area contributed by atoms with E-state index in [9.17, 15) is 9.18 Å². The second-order valence-electron chi connectivity index (χ2n) is 3.84. The average Bonchev–Trinajstić information content (AvgIpc) is 2.35. The maximum atomic E-state index is 12.6. The zero-order chi connectivity index (χ0) is 13.1. The van der Waals surface area contributed by atoms with Crippen molar-refractivity contribution >= 4 is 17.3 Å². The Morgan fingerprint density at radius 1 is 1.33 bits per heavy atom. The summed E-state index contributed by atoms with van der Waals surface area (Å²) in [5, 5.41) is 2.63. The molecule has 0 aliphatic heterocycles. The Labute approximate surface area is 104 Å². The average molecular weight is 245 g/mol. The molecule has 0 saturated carbocycles. The minimum atomic E-state index is -0.590. The molecule has 0 saturated heterocycles. The fourth-order valence-corrected chi connectivity index (χ4v) is 1.55. The lowest BCUT2D eigenvalue weighted by atomic mass is 10.1. The van der Waals surface area contributed by atoms with Gasteiger partial charge in [0.05, 0.1) is 11.9 Å². The van der Waals surface area contributed by atoms with Crippen molar-refractivity contribution in [3.8, 4) is 0 Å². The molecule has 1 aromatic carbocycles. The number of nitrogens with one attached hydrogen (secondary N) is 1. The van der Waals surface area contributed by atoms with Gasteiger partial charge < -0.3 is 11.1 Å². The van der Waals surface area contributed by atoms with E-state index in [2.05, 4.69) is 10.3 Å². The van der Waals surface area contributed by atoms with Gasteiger partial charge in [-0.05, 0) is 36.8 Å². The highest BCUT2D eigenvalue weighted by molar-refractivity contribution is 6.05. The molecule has 0 aliphatic carbocycles. The van der Waals surface area contributed by atoms with Crippen LogP contribution in [0.1, 0.15) is 15.9 Å². The van der Waals surface area contributed by atoms with Gasteiger partial charge in [0.15, 0.2) is 0 Å². The lowest BCUT2D eigenvalue weighted by Crippen LogP contribution is -2.14. The number of halogens is 1. The topological polar surface area (TPSA) is 68.0 Å². The molecular formula is C13H12FN3O. The number of amides is 1. The van der Waals surface area contributed by atoms with Crippen molar-refractivity contribution in [3.63, 3.8) is 0 Å². The fourth-order valence-electron chi connectivity index (χ4n) is 1.55. The summed E-state index contributed by atoms with van der Waals surface area (Å²) in [7, 11) is 0. The molecule has 0 atom stereocenters. The first-order valence-electron chi connectivity index (χ1n) is 5.36. The van der Waals surface area contributed by atoms with Gasteiger partial charge in [-0.15, -0.1) is 0 Å². The van der Waals surface area contributed by atoms with E-state index in [0.717, 1.165) is 0 Å². The third kappa shape index (κ3) is 2.45. The number of carbonyl (C=O) groups excluding carboxylic acids is 1. The Morgan fingerprint density at radius 2 is 2.11 bits per heavy atom. The molecule has 0 radical (unpaired) electrons. The highest BCUT2D eigenvalue weighted by atomic mass is 19.1. The molecule has 1 amide bonds. The largest absolute Gasteiger partial charge is 0.398 e. The molecular weight excluding hydrogens is 233 g/mol. The number of pyridine rings is 1. The van der Waals surface area contributed by atoms with E-state index >= 15 is 0 Å². The number of benzene rings is 1. The summed E-state index contributed by atoms with van der Waals surface area (Å²) >= 11 is 0. The van der Waals surface area contributed by atoms with Crippen molar-refractivity contribution in [2.24, 2.45) is 0 Å². The number of nitrogen functional groups attached to an aromatic ring is 1. The third-order valence-electron chi connectivity index (χ3n) is 2.61. The minimum Gasteiger partial charge on any atom is -0.398 e. The van der Waals surface area contributed by atoms with Crippen LogP contribution < -0.4 is 11.1 Å². The smallest absolute Gasteiger partial charge is 0.256 e. The normalized spacial score (nSPS) is 10.1. The van der Waals surface area contributed by atoms with E-state index in [-0.39, 0.29) is 5.91 Å². The Bertz CT molecular complexity index is 581. The van der Waals surface area contributed by atoms with E-state index < -0.39 is 5.95 Å². The van der Waals surface area contributed by atoms with E-state index in [4.69, 9.17) is 5.73 Å². The van der Waals surface area contributed by atoms with Crippen molar-refractivity contribution in [2.45, 2.75) is 6.92 Å². The summed E-state index contributed by atoms with van der Waals surface area (Å²) in [6.07, 6.45) is 1.26. The molecule has 0 fully saturated rings. The minimum absolute atomic E-state index is 0.298. The van der Waals surface area contributed by atoms with Gasteiger partial charge in [-0.1, -0.05) is 6.07 Å². The van der Waals surface area contributed by atoms with Crippen LogP contribution in [0.5, 0.6) is 0 Å². The second kappa shape index (κ2) is 4.83. The number of hydrogen-bond acceptors (Lipinski definition) is 3. The molecule has 0 aliphatic rings. The predicted molar refractivity (Wildman–Crippen MR) is 67.7 cm³/mol. The van der Waals surface area contributed by atoms with Gasteiger partial charge in [-0.3, -0.25) is 4.79 Å². The van der Waals surface area contributed by atoms with Crippen LogP contribution in [0, 0.1) is 12.9 Å². The third-order valence-corrected chi connectivity index (χ3v) is 2.61. The quantitative estimate of drug-likeness (QED) is 0.630. The molecule has 0 bridgehead atoms. The molecule has 2 aromatic rings. The summed E-state index contributed by atoms with van der Waals surface area (Å²) in [6.45, 7) is 1.77. The zero-order valence-corrected chi connectivity index (χ0v) is 9.77. The molecule has 0 spiro atoms. The first-order chi connectivity index (χ1) is 8.58. The standard InChI is InChI=1S/C13H12FN3O/c1-8-10(3-2-4-11(8)15)13(18)17-9-5-6-12(14)16-7-9/h2-7H,15H2,1H3,(H,17,18). The van der Waals surface area contributed by atoms with Crippen molar-refractivity contribution in [1.82, 2.24) is 4.98 Å². The van der Waals surface area contributed by atoms with Crippen molar-refractivity contribution < 1.29 is 9.18 Å². The Hall–Kier alpha value is -2.43. The monoisotopic (exact) mass is 245 g/mol. The van der Waals surface area contributed by atoms with Crippen LogP contribution in [0.3, 0.4) is 0 Å². The van der Waals surface area contributed by atoms with E-state index in [1.54, 1.807) is 25.1 Å². The zero-order valence-electron chi connectivity index (χ0n) is 9.77. The van der Waals surface area contributed by atoms with Gasteiger partial charge in [-0.25, -0.2) is 4.98 Å². The first-order valence-corrected chi connectivity index (χ1v) is 5.36. The number of nitrogens with zero attached hydrogens (tertiary/aromatic N) is 1. The van der Waals surface area contributed by atoms with E-state index in [1.807, 2.05) is 0 Å². The van der Waals surface area contributed by atoms with Crippen LogP contribution in [0.4, 0.5) is 15.8 Å². The van der Waals surface area contributed by atoms with Crippen LogP contribution in [0.15, 0.2) is 36.5 Å². The van der Waals surface area contributed by atoms with E-state index in [1.165, 1.54) is 18.3 Å². The maximum absolute atomic E-state index is 12.6. The predicted octanol–water partition coefficient (Wildman–Crippen LogP) is 2.36. The van der Waals surface area contributed by atoms with Crippen LogP contribution in [0.25, 0.3) is 0 Å². The lowest BCUT2D eigenvalue weighted by molar-refractivity contribution is 0.102.